The van der Waals surface area contributed by atoms with Crippen LogP contribution in [0, 0.1) is 11.8 Å². The number of carbonyl (C=O) groups excluding carboxylic acids is 1. The van der Waals surface area contributed by atoms with E-state index in [-0.39, 0.29) is 24.1 Å². The third-order valence-corrected chi connectivity index (χ3v) is 8.67. The Balaban J connectivity index is 1.40. The third kappa shape index (κ3) is 5.43. The maximum Gasteiger partial charge on any atom is 0.308 e. The van der Waals surface area contributed by atoms with Gasteiger partial charge in [-0.15, -0.1) is 0 Å². The van der Waals surface area contributed by atoms with E-state index in [4.69, 9.17) is 9.47 Å². The molecule has 35 heavy (non-hydrogen) atoms. The quantitative estimate of drug-likeness (QED) is 0.348. The number of hydrogen-bond donors (Lipinski definition) is 1. The average Bonchev–Trinajstić information content (AvgIpc) is 2.84. The standard InChI is InChI=1S/C31H40O4/c1-20(9-8-12-22-10-4-3-5-11-22)34-24-18-29-26-14-7-6-13-25(26)27-16-15-23(33)17-28(27)31(29)30(19-24)35-21(2)32/h3-5,10-11,18-20,23,25-28,33H,6-9,12-17H2,1-2H3. The Labute approximate surface area is 210 Å². The van der Waals surface area contributed by atoms with Gasteiger partial charge in [-0.2, -0.15) is 0 Å². The van der Waals surface area contributed by atoms with Gasteiger partial charge in [-0.1, -0.05) is 43.2 Å². The minimum Gasteiger partial charge on any atom is -0.491 e. The minimum atomic E-state index is -0.293. The number of benzene rings is 2. The van der Waals surface area contributed by atoms with E-state index in [1.807, 2.05) is 6.07 Å². The van der Waals surface area contributed by atoms with E-state index in [2.05, 4.69) is 43.3 Å². The van der Waals surface area contributed by atoms with E-state index in [0.717, 1.165) is 44.3 Å². The highest BCUT2D eigenvalue weighted by atomic mass is 16.5. The molecule has 0 aliphatic heterocycles. The lowest BCUT2D eigenvalue weighted by atomic mass is 9.55. The fraction of sp³-hybridized carbons (Fsp3) is 0.581. The third-order valence-electron chi connectivity index (χ3n) is 8.67. The van der Waals surface area contributed by atoms with Crippen molar-refractivity contribution in [3.05, 3.63) is 59.2 Å². The summed E-state index contributed by atoms with van der Waals surface area (Å²) in [4.78, 5) is 12.1. The lowest BCUT2D eigenvalue weighted by Gasteiger charge is -2.50. The number of carbonyl (C=O) groups is 1. The summed E-state index contributed by atoms with van der Waals surface area (Å²) in [6, 6.07) is 14.8. The fourth-order valence-electron chi connectivity index (χ4n) is 7.24. The Morgan fingerprint density at radius 2 is 1.80 bits per heavy atom. The lowest BCUT2D eigenvalue weighted by molar-refractivity contribution is -0.132. The maximum atomic E-state index is 12.1. The smallest absolute Gasteiger partial charge is 0.308 e. The van der Waals surface area contributed by atoms with Gasteiger partial charge < -0.3 is 14.6 Å². The second-order valence-corrected chi connectivity index (χ2v) is 11.1. The minimum absolute atomic E-state index is 0.0805. The van der Waals surface area contributed by atoms with Crippen molar-refractivity contribution in [3.63, 3.8) is 0 Å². The Kier molecular flexibility index (Phi) is 7.48. The zero-order valence-electron chi connectivity index (χ0n) is 21.2. The molecule has 2 aromatic rings. The Morgan fingerprint density at radius 3 is 2.60 bits per heavy atom. The van der Waals surface area contributed by atoms with Gasteiger partial charge in [-0.05, 0) is 99.2 Å². The highest BCUT2D eigenvalue weighted by molar-refractivity contribution is 5.71. The van der Waals surface area contributed by atoms with Crippen LogP contribution in [-0.2, 0) is 11.2 Å². The molecule has 0 spiro atoms. The maximum absolute atomic E-state index is 12.1. The predicted molar refractivity (Wildman–Crippen MR) is 138 cm³/mol. The topological polar surface area (TPSA) is 55.8 Å². The number of esters is 1. The second kappa shape index (κ2) is 10.7. The van der Waals surface area contributed by atoms with Crippen LogP contribution >= 0.6 is 0 Å². The van der Waals surface area contributed by atoms with Crippen LogP contribution < -0.4 is 9.47 Å². The van der Waals surface area contributed by atoms with Gasteiger partial charge in [0, 0.05) is 18.6 Å². The van der Waals surface area contributed by atoms with Crippen LogP contribution in [0.4, 0.5) is 0 Å². The molecular weight excluding hydrogens is 436 g/mol. The van der Waals surface area contributed by atoms with Gasteiger partial charge in [0.2, 0.25) is 0 Å². The fourth-order valence-corrected chi connectivity index (χ4v) is 7.24. The summed E-state index contributed by atoms with van der Waals surface area (Å²) in [5.41, 5.74) is 3.85. The predicted octanol–water partition coefficient (Wildman–Crippen LogP) is 6.93. The Bertz CT molecular complexity index is 1020. The first kappa shape index (κ1) is 24.4. The molecule has 0 amide bonds. The van der Waals surface area contributed by atoms with E-state index in [9.17, 15) is 9.90 Å². The number of hydrogen-bond acceptors (Lipinski definition) is 4. The Morgan fingerprint density at radius 1 is 1.03 bits per heavy atom. The van der Waals surface area contributed by atoms with Crippen LogP contribution in [0.25, 0.3) is 0 Å². The van der Waals surface area contributed by atoms with Crippen LogP contribution in [0.2, 0.25) is 0 Å². The largest absolute Gasteiger partial charge is 0.491 e. The zero-order valence-corrected chi connectivity index (χ0v) is 21.2. The molecule has 0 radical (unpaired) electrons. The molecule has 0 bridgehead atoms. The molecule has 2 saturated carbocycles. The van der Waals surface area contributed by atoms with E-state index in [1.165, 1.54) is 49.3 Å². The number of rotatable bonds is 7. The second-order valence-electron chi connectivity index (χ2n) is 11.1. The molecule has 188 valence electrons. The van der Waals surface area contributed by atoms with Gasteiger partial charge in [0.25, 0.3) is 0 Å². The van der Waals surface area contributed by atoms with Gasteiger partial charge in [0.15, 0.2) is 0 Å². The van der Waals surface area contributed by atoms with Crippen molar-refractivity contribution in [3.8, 4) is 11.5 Å². The molecule has 4 nitrogen and oxygen atoms in total. The summed E-state index contributed by atoms with van der Waals surface area (Å²) in [7, 11) is 0. The van der Waals surface area contributed by atoms with Gasteiger partial charge in [0.05, 0.1) is 12.2 Å². The van der Waals surface area contributed by atoms with Gasteiger partial charge in [-0.25, -0.2) is 0 Å². The number of ether oxygens (including phenoxy) is 2. The number of aliphatic hydroxyl groups excluding tert-OH is 1. The number of aliphatic hydroxyl groups is 1. The summed E-state index contributed by atoms with van der Waals surface area (Å²) in [5, 5.41) is 10.5. The van der Waals surface area contributed by atoms with Crippen molar-refractivity contribution >= 4 is 5.97 Å². The van der Waals surface area contributed by atoms with Gasteiger partial charge in [-0.3, -0.25) is 4.79 Å². The molecule has 5 rings (SSSR count). The van der Waals surface area contributed by atoms with E-state index in [0.29, 0.717) is 23.5 Å². The highest BCUT2D eigenvalue weighted by Gasteiger charge is 2.47. The molecular formula is C31H40O4. The summed E-state index contributed by atoms with van der Waals surface area (Å²) in [6.45, 7) is 3.61. The molecule has 3 aliphatic carbocycles. The monoisotopic (exact) mass is 476 g/mol. The van der Waals surface area contributed by atoms with Crippen LogP contribution in [0.3, 0.4) is 0 Å². The normalized spacial score (nSPS) is 28.3. The summed E-state index contributed by atoms with van der Waals surface area (Å²) in [5.74, 6) is 3.19. The van der Waals surface area contributed by atoms with E-state index in [1.54, 1.807) is 0 Å². The average molecular weight is 477 g/mol. The molecule has 0 aromatic heterocycles. The summed E-state index contributed by atoms with van der Waals surface area (Å²) in [6.07, 6.45) is 10.6. The lowest BCUT2D eigenvalue weighted by Crippen LogP contribution is -2.40. The number of fused-ring (bicyclic) bond motifs is 6. The van der Waals surface area contributed by atoms with Crippen LogP contribution in [0.15, 0.2) is 42.5 Å². The van der Waals surface area contributed by atoms with Crippen LogP contribution in [-0.4, -0.2) is 23.3 Å². The summed E-state index contributed by atoms with van der Waals surface area (Å²) < 4.78 is 12.3. The molecule has 0 heterocycles. The van der Waals surface area contributed by atoms with E-state index >= 15 is 0 Å². The molecule has 2 fully saturated rings. The van der Waals surface area contributed by atoms with Crippen molar-refractivity contribution in [2.45, 2.75) is 102 Å². The Hall–Kier alpha value is -2.33. The highest BCUT2D eigenvalue weighted by Crippen LogP contribution is 2.59. The molecule has 6 unspecified atom stereocenters. The molecule has 2 aromatic carbocycles. The molecule has 0 saturated heterocycles. The van der Waals surface area contributed by atoms with Gasteiger partial charge >= 0.3 is 5.97 Å². The first-order chi connectivity index (χ1) is 17.0. The van der Waals surface area contributed by atoms with Crippen molar-refractivity contribution in [2.75, 3.05) is 0 Å². The van der Waals surface area contributed by atoms with Crippen molar-refractivity contribution in [1.82, 2.24) is 0 Å². The van der Waals surface area contributed by atoms with Crippen LogP contribution in [0.1, 0.15) is 100 Å². The molecule has 6 atom stereocenters. The zero-order chi connectivity index (χ0) is 24.4. The summed E-state index contributed by atoms with van der Waals surface area (Å²) >= 11 is 0. The molecule has 3 aliphatic rings. The first-order valence-corrected chi connectivity index (χ1v) is 13.7. The number of aryl methyl sites for hydroxylation is 1. The van der Waals surface area contributed by atoms with E-state index < -0.39 is 0 Å². The van der Waals surface area contributed by atoms with Gasteiger partial charge in [0.1, 0.15) is 11.5 Å². The van der Waals surface area contributed by atoms with Crippen molar-refractivity contribution < 1.29 is 19.4 Å². The van der Waals surface area contributed by atoms with Crippen molar-refractivity contribution in [1.29, 1.82) is 0 Å². The first-order valence-electron chi connectivity index (χ1n) is 13.7. The SMILES string of the molecule is CC(=O)Oc1cc(OC(C)CCCc2ccccc2)cc2c1C1CC(O)CCC1C1CCCCC21. The van der Waals surface area contributed by atoms with Crippen molar-refractivity contribution in [2.24, 2.45) is 11.8 Å². The molecule has 1 N–H and O–H groups in total. The van der Waals surface area contributed by atoms with Crippen LogP contribution in [0.5, 0.6) is 11.5 Å². The molecule has 4 heteroatoms.